The topological polar surface area (TPSA) is 56.7 Å². The van der Waals surface area contributed by atoms with E-state index in [1.54, 1.807) is 11.3 Å². The number of benzene rings is 10. The van der Waals surface area contributed by atoms with Crippen LogP contribution < -0.4 is 0 Å². The minimum Gasteiger partial charge on any atom is -0.455 e. The van der Waals surface area contributed by atoms with Gasteiger partial charge in [-0.05, 0) is 75.8 Å². The molecule has 0 N–H and O–H groups in total. The third-order valence-corrected chi connectivity index (χ3v) is 14.2. The van der Waals surface area contributed by atoms with Crippen LogP contribution in [0, 0.1) is 0 Å². The van der Waals surface area contributed by atoms with Gasteiger partial charge in [0, 0.05) is 58.2 Å². The van der Waals surface area contributed by atoms with Crippen LogP contribution in [-0.4, -0.2) is 19.5 Å². The Morgan fingerprint density at radius 3 is 1.77 bits per heavy atom. The van der Waals surface area contributed by atoms with Crippen LogP contribution in [0.15, 0.2) is 211 Å². The molecule has 4 aromatic heterocycles. The van der Waals surface area contributed by atoms with Gasteiger partial charge >= 0.3 is 0 Å². The van der Waals surface area contributed by atoms with Crippen molar-refractivity contribution in [2.24, 2.45) is 0 Å². The van der Waals surface area contributed by atoms with E-state index in [2.05, 4.69) is 205 Å². The molecule has 0 fully saturated rings. The van der Waals surface area contributed by atoms with Crippen LogP contribution in [-0.2, 0) is 0 Å². The second-order valence-corrected chi connectivity index (χ2v) is 17.8. The summed E-state index contributed by atoms with van der Waals surface area (Å²) in [7, 11) is 0. The monoisotopic (exact) mass is 846 g/mol. The highest BCUT2D eigenvalue weighted by atomic mass is 32.1. The molecule has 0 spiro atoms. The Hall–Kier alpha value is -8.45. The highest BCUT2D eigenvalue weighted by molar-refractivity contribution is 7.25. The zero-order valence-corrected chi connectivity index (χ0v) is 35.6. The van der Waals surface area contributed by atoms with Gasteiger partial charge in [0.25, 0.3) is 0 Å². The molecular weight excluding hydrogens is 813 g/mol. The molecule has 0 amide bonds. The molecule has 0 unspecified atom stereocenters. The Morgan fingerprint density at radius 1 is 0.338 bits per heavy atom. The molecule has 14 aromatic rings. The van der Waals surface area contributed by atoms with Crippen molar-refractivity contribution in [3.05, 3.63) is 206 Å². The van der Waals surface area contributed by atoms with E-state index in [-0.39, 0.29) is 0 Å². The standard InChI is InChI=1S/C59H34N4OS/c1-2-12-35(13-3-1)36-22-24-38(25-23-36)57-60-58(41-27-28-45-44-19-9-11-21-52(44)65-53(45)34-41)62-59(61-57)54-50(31-30-47-46-29-26-37-14-6-7-17-42(37)55(46)64-56(47)54)63-49-20-10-8-18-43(49)48-32-39-15-4-5-16-40(39)33-51(48)63/h1-34H. The molecule has 0 saturated heterocycles. The Kier molecular flexibility index (Phi) is 7.79. The smallest absolute Gasteiger partial charge is 0.170 e. The van der Waals surface area contributed by atoms with Crippen LogP contribution in [0.3, 0.4) is 0 Å². The van der Waals surface area contributed by atoms with E-state index in [0.717, 1.165) is 77.2 Å². The summed E-state index contributed by atoms with van der Waals surface area (Å²) in [4.78, 5) is 16.3. The Labute approximate surface area is 376 Å². The predicted molar refractivity (Wildman–Crippen MR) is 271 cm³/mol. The van der Waals surface area contributed by atoms with Gasteiger partial charge in [-0.2, -0.15) is 0 Å². The van der Waals surface area contributed by atoms with Crippen molar-refractivity contribution >= 4 is 96.8 Å². The molecule has 6 heteroatoms. The number of para-hydroxylation sites is 1. The number of aromatic nitrogens is 4. The van der Waals surface area contributed by atoms with Gasteiger partial charge in [0.2, 0.25) is 0 Å². The van der Waals surface area contributed by atoms with E-state index in [9.17, 15) is 0 Å². The number of thiophene rings is 1. The third-order valence-electron chi connectivity index (χ3n) is 13.0. The number of furan rings is 1. The maximum atomic E-state index is 7.22. The molecule has 4 heterocycles. The van der Waals surface area contributed by atoms with E-state index in [4.69, 9.17) is 19.4 Å². The van der Waals surface area contributed by atoms with Crippen molar-refractivity contribution in [1.29, 1.82) is 0 Å². The lowest BCUT2D eigenvalue weighted by atomic mass is 10.0. The number of hydrogen-bond acceptors (Lipinski definition) is 5. The number of nitrogens with zero attached hydrogens (tertiary/aromatic N) is 4. The van der Waals surface area contributed by atoms with E-state index >= 15 is 0 Å². The Morgan fingerprint density at radius 2 is 0.923 bits per heavy atom. The van der Waals surface area contributed by atoms with Gasteiger partial charge in [-0.25, -0.2) is 15.0 Å². The molecule has 0 atom stereocenters. The quantitative estimate of drug-likeness (QED) is 0.173. The van der Waals surface area contributed by atoms with E-state index in [1.165, 1.54) is 41.7 Å². The first-order valence-electron chi connectivity index (χ1n) is 21.8. The lowest BCUT2D eigenvalue weighted by Crippen LogP contribution is -2.04. The predicted octanol–water partition coefficient (Wildman–Crippen LogP) is 16.2. The van der Waals surface area contributed by atoms with Gasteiger partial charge in [0.1, 0.15) is 11.2 Å². The SMILES string of the molecule is c1ccc(-c2ccc(-c3nc(-c4ccc5c(c4)sc4ccccc45)nc(-c4c(-n5c6ccccc6c6cc7ccccc7cc65)ccc5c4oc4c6ccccc6ccc54)n3)cc2)cc1. The molecule has 0 bridgehead atoms. The first-order valence-corrected chi connectivity index (χ1v) is 22.7. The van der Waals surface area contributed by atoms with Crippen molar-refractivity contribution < 1.29 is 4.42 Å². The van der Waals surface area contributed by atoms with E-state index < -0.39 is 0 Å². The molecule has 0 aliphatic heterocycles. The van der Waals surface area contributed by atoms with Gasteiger partial charge in [-0.1, -0.05) is 158 Å². The van der Waals surface area contributed by atoms with Crippen LogP contribution in [0.25, 0.3) is 136 Å². The fourth-order valence-electron chi connectivity index (χ4n) is 9.93. The lowest BCUT2D eigenvalue weighted by Gasteiger charge is -2.15. The van der Waals surface area contributed by atoms with Crippen molar-refractivity contribution in [3.63, 3.8) is 0 Å². The van der Waals surface area contributed by atoms with Crippen LogP contribution >= 0.6 is 11.3 Å². The average Bonchev–Trinajstić information content (AvgIpc) is 4.05. The molecule has 302 valence electrons. The zero-order chi connectivity index (χ0) is 42.6. The molecule has 0 aliphatic rings. The lowest BCUT2D eigenvalue weighted by molar-refractivity contribution is 0.673. The van der Waals surface area contributed by atoms with Crippen LogP contribution in [0.1, 0.15) is 0 Å². The van der Waals surface area contributed by atoms with Gasteiger partial charge in [0.15, 0.2) is 17.5 Å². The summed E-state index contributed by atoms with van der Waals surface area (Å²) in [5.41, 5.74) is 9.55. The summed E-state index contributed by atoms with van der Waals surface area (Å²) in [6.45, 7) is 0. The largest absolute Gasteiger partial charge is 0.455 e. The number of hydrogen-bond donors (Lipinski definition) is 0. The first kappa shape index (κ1) is 36.1. The summed E-state index contributed by atoms with van der Waals surface area (Å²) in [6, 6.07) is 73.3. The summed E-state index contributed by atoms with van der Waals surface area (Å²) in [5.74, 6) is 1.71. The molecule has 5 nitrogen and oxygen atoms in total. The van der Waals surface area contributed by atoms with Crippen molar-refractivity contribution in [1.82, 2.24) is 19.5 Å². The molecule has 14 rings (SSSR count). The van der Waals surface area contributed by atoms with Crippen LogP contribution in [0.5, 0.6) is 0 Å². The van der Waals surface area contributed by atoms with E-state index in [1.807, 2.05) is 6.07 Å². The zero-order valence-electron chi connectivity index (χ0n) is 34.7. The summed E-state index contributed by atoms with van der Waals surface area (Å²) in [5, 5.41) is 11.4. The highest BCUT2D eigenvalue weighted by Gasteiger charge is 2.25. The summed E-state index contributed by atoms with van der Waals surface area (Å²) >= 11 is 1.79. The van der Waals surface area contributed by atoms with Crippen LogP contribution in [0.2, 0.25) is 0 Å². The van der Waals surface area contributed by atoms with Gasteiger partial charge in [-0.3, -0.25) is 0 Å². The number of fused-ring (bicyclic) bond motifs is 12. The molecule has 65 heavy (non-hydrogen) atoms. The van der Waals surface area contributed by atoms with Crippen molar-refractivity contribution in [3.8, 4) is 51.0 Å². The van der Waals surface area contributed by atoms with Gasteiger partial charge in [0.05, 0.1) is 22.3 Å². The number of rotatable bonds is 5. The summed E-state index contributed by atoms with van der Waals surface area (Å²) < 4.78 is 12.0. The van der Waals surface area contributed by atoms with Crippen molar-refractivity contribution in [2.45, 2.75) is 0 Å². The van der Waals surface area contributed by atoms with Gasteiger partial charge in [-0.15, -0.1) is 11.3 Å². The molecule has 10 aromatic carbocycles. The minimum absolute atomic E-state index is 0.532. The molecule has 0 aliphatic carbocycles. The third kappa shape index (κ3) is 5.61. The fraction of sp³-hybridized carbons (Fsp3) is 0. The maximum absolute atomic E-state index is 7.22. The van der Waals surface area contributed by atoms with Crippen LogP contribution in [0.4, 0.5) is 0 Å². The fourth-order valence-corrected chi connectivity index (χ4v) is 11.1. The molecule has 0 saturated carbocycles. The molecule has 0 radical (unpaired) electrons. The van der Waals surface area contributed by atoms with Gasteiger partial charge < -0.3 is 8.98 Å². The Balaban J connectivity index is 1.09. The maximum Gasteiger partial charge on any atom is 0.170 e. The second-order valence-electron chi connectivity index (χ2n) is 16.7. The minimum atomic E-state index is 0.532. The normalized spacial score (nSPS) is 12.0. The average molecular weight is 847 g/mol. The molecular formula is C59H34N4OS. The van der Waals surface area contributed by atoms with Crippen molar-refractivity contribution in [2.75, 3.05) is 0 Å². The highest BCUT2D eigenvalue weighted by Crippen LogP contribution is 2.45. The Bertz CT molecular complexity index is 4240. The summed E-state index contributed by atoms with van der Waals surface area (Å²) in [6.07, 6.45) is 0. The second kappa shape index (κ2) is 14.0. The first-order chi connectivity index (χ1) is 32.2. The van der Waals surface area contributed by atoms with E-state index in [0.29, 0.717) is 17.5 Å².